The molecule has 1 aromatic carbocycles. The average molecular weight is 372 g/mol. The summed E-state index contributed by atoms with van der Waals surface area (Å²) in [5, 5.41) is 5.57. The van der Waals surface area contributed by atoms with Crippen molar-refractivity contribution in [1.29, 1.82) is 0 Å². The number of nitrogens with zero attached hydrogens (tertiary/aromatic N) is 4. The molecule has 1 fully saturated rings. The number of anilines is 1. The van der Waals surface area contributed by atoms with E-state index in [0.29, 0.717) is 21.7 Å². The summed E-state index contributed by atoms with van der Waals surface area (Å²) >= 11 is 5.96. The summed E-state index contributed by atoms with van der Waals surface area (Å²) in [7, 11) is 0. The maximum absolute atomic E-state index is 12.7. The average Bonchev–Trinajstić information content (AvgIpc) is 3.04. The van der Waals surface area contributed by atoms with Crippen LogP contribution in [0.2, 0.25) is 5.02 Å². The summed E-state index contributed by atoms with van der Waals surface area (Å²) in [6.07, 6.45) is 5.79. The Balaban J connectivity index is 1.76. The number of fused-ring (bicyclic) bond motifs is 1. The molecule has 0 radical (unpaired) electrons. The number of rotatable bonds is 2. The Bertz CT molecular complexity index is 948. The van der Waals surface area contributed by atoms with Crippen LogP contribution in [0.4, 0.5) is 10.6 Å². The standard InChI is InChI=1S/C18H18ClN5O2/c19-12-8-6-11(7-9-12)15-14-16(20)21-10-22-17(14)24(23-15)18(25)26-13-4-2-1-3-5-13/h6-10,13H,1-5H2,(H2,20,21,22). The van der Waals surface area contributed by atoms with E-state index in [4.69, 9.17) is 22.1 Å². The molecule has 8 heteroatoms. The lowest BCUT2D eigenvalue weighted by atomic mass is 9.98. The fourth-order valence-corrected chi connectivity index (χ4v) is 3.41. The van der Waals surface area contributed by atoms with Crippen molar-refractivity contribution in [2.75, 3.05) is 5.73 Å². The van der Waals surface area contributed by atoms with Gasteiger partial charge in [-0.15, -0.1) is 4.68 Å². The van der Waals surface area contributed by atoms with Gasteiger partial charge in [0.15, 0.2) is 5.65 Å². The fraction of sp³-hybridized carbons (Fsp3) is 0.333. The highest BCUT2D eigenvalue weighted by atomic mass is 35.5. The zero-order valence-corrected chi connectivity index (χ0v) is 14.8. The molecular formula is C18H18ClN5O2. The zero-order valence-electron chi connectivity index (χ0n) is 14.1. The quantitative estimate of drug-likeness (QED) is 0.730. The molecule has 134 valence electrons. The van der Waals surface area contributed by atoms with Gasteiger partial charge in [0, 0.05) is 10.6 Å². The molecule has 0 unspecified atom stereocenters. The van der Waals surface area contributed by atoms with Crippen LogP contribution in [0, 0.1) is 0 Å². The van der Waals surface area contributed by atoms with Crippen molar-refractivity contribution in [2.45, 2.75) is 38.2 Å². The Kier molecular flexibility index (Phi) is 4.46. The number of nitrogen functional groups attached to an aromatic ring is 1. The summed E-state index contributed by atoms with van der Waals surface area (Å²) in [4.78, 5) is 20.9. The summed E-state index contributed by atoms with van der Waals surface area (Å²) in [5.74, 6) is 0.261. The molecule has 2 heterocycles. The summed E-state index contributed by atoms with van der Waals surface area (Å²) in [6.45, 7) is 0. The van der Waals surface area contributed by atoms with E-state index in [1.165, 1.54) is 17.4 Å². The number of halogens is 1. The van der Waals surface area contributed by atoms with Crippen molar-refractivity contribution in [3.8, 4) is 11.3 Å². The summed E-state index contributed by atoms with van der Waals surface area (Å²) in [6, 6.07) is 7.13. The number of hydrogen-bond acceptors (Lipinski definition) is 6. The van der Waals surface area contributed by atoms with E-state index in [2.05, 4.69) is 15.1 Å². The molecule has 1 aliphatic rings. The van der Waals surface area contributed by atoms with Gasteiger partial charge in [0.05, 0.1) is 5.39 Å². The molecule has 2 aromatic heterocycles. The smallest absolute Gasteiger partial charge is 0.437 e. The highest BCUT2D eigenvalue weighted by Gasteiger charge is 2.24. The molecule has 0 bridgehead atoms. The lowest BCUT2D eigenvalue weighted by molar-refractivity contribution is 0.0749. The van der Waals surface area contributed by atoms with E-state index in [1.807, 2.05) is 12.1 Å². The van der Waals surface area contributed by atoms with Crippen molar-refractivity contribution in [3.63, 3.8) is 0 Å². The number of aromatic nitrogens is 4. The number of carbonyl (C=O) groups is 1. The Labute approximate surface area is 155 Å². The van der Waals surface area contributed by atoms with Crippen LogP contribution in [0.25, 0.3) is 22.3 Å². The molecule has 1 saturated carbocycles. The molecule has 7 nitrogen and oxygen atoms in total. The Morgan fingerprint density at radius 1 is 1.15 bits per heavy atom. The third-order valence-corrected chi connectivity index (χ3v) is 4.86. The predicted octanol–water partition coefficient (Wildman–Crippen LogP) is 4.05. The molecule has 3 aromatic rings. The maximum atomic E-state index is 12.7. The molecule has 1 aliphatic carbocycles. The number of benzene rings is 1. The SMILES string of the molecule is Nc1ncnc2c1c(-c1ccc(Cl)cc1)nn2C(=O)OC1CCCCC1. The fourth-order valence-electron chi connectivity index (χ4n) is 3.29. The molecule has 0 spiro atoms. The largest absolute Gasteiger partial charge is 0.445 e. The van der Waals surface area contributed by atoms with Crippen LogP contribution in [-0.2, 0) is 4.74 Å². The topological polar surface area (TPSA) is 95.9 Å². The molecular weight excluding hydrogens is 354 g/mol. The van der Waals surface area contributed by atoms with Gasteiger partial charge < -0.3 is 10.5 Å². The van der Waals surface area contributed by atoms with Crippen LogP contribution in [-0.4, -0.2) is 31.9 Å². The van der Waals surface area contributed by atoms with Gasteiger partial charge in [-0.05, 0) is 37.8 Å². The predicted molar refractivity (Wildman–Crippen MR) is 98.9 cm³/mol. The van der Waals surface area contributed by atoms with E-state index in [-0.39, 0.29) is 11.9 Å². The van der Waals surface area contributed by atoms with Gasteiger partial charge in [-0.2, -0.15) is 5.10 Å². The van der Waals surface area contributed by atoms with Gasteiger partial charge >= 0.3 is 6.09 Å². The lowest BCUT2D eigenvalue weighted by Crippen LogP contribution is -2.25. The zero-order chi connectivity index (χ0) is 18.1. The highest BCUT2D eigenvalue weighted by molar-refractivity contribution is 6.30. The van der Waals surface area contributed by atoms with Gasteiger partial charge in [-0.3, -0.25) is 0 Å². The monoisotopic (exact) mass is 371 g/mol. The number of ether oxygens (including phenoxy) is 1. The minimum Gasteiger partial charge on any atom is -0.445 e. The number of carbonyl (C=O) groups excluding carboxylic acids is 1. The van der Waals surface area contributed by atoms with Crippen LogP contribution in [0.15, 0.2) is 30.6 Å². The summed E-state index contributed by atoms with van der Waals surface area (Å²) < 4.78 is 6.81. The second-order valence-corrected chi connectivity index (χ2v) is 6.81. The van der Waals surface area contributed by atoms with Gasteiger partial charge in [0.1, 0.15) is 23.9 Å². The first-order valence-corrected chi connectivity index (χ1v) is 8.97. The van der Waals surface area contributed by atoms with Crippen LogP contribution >= 0.6 is 11.6 Å². The second kappa shape index (κ2) is 6.92. The van der Waals surface area contributed by atoms with E-state index in [0.717, 1.165) is 31.2 Å². The first-order valence-electron chi connectivity index (χ1n) is 8.59. The van der Waals surface area contributed by atoms with E-state index < -0.39 is 6.09 Å². The first kappa shape index (κ1) is 16.8. The molecule has 26 heavy (non-hydrogen) atoms. The Morgan fingerprint density at radius 3 is 2.62 bits per heavy atom. The molecule has 0 aliphatic heterocycles. The van der Waals surface area contributed by atoms with Crippen molar-refractivity contribution < 1.29 is 9.53 Å². The van der Waals surface area contributed by atoms with Gasteiger partial charge in [0.2, 0.25) is 0 Å². The van der Waals surface area contributed by atoms with E-state index in [9.17, 15) is 4.79 Å². The van der Waals surface area contributed by atoms with Gasteiger partial charge in [-0.1, -0.05) is 30.2 Å². The molecule has 4 rings (SSSR count). The molecule has 0 saturated heterocycles. The van der Waals surface area contributed by atoms with E-state index in [1.54, 1.807) is 12.1 Å². The molecule has 2 N–H and O–H groups in total. The van der Waals surface area contributed by atoms with Gasteiger partial charge in [-0.25, -0.2) is 14.8 Å². The molecule has 0 amide bonds. The van der Waals surface area contributed by atoms with E-state index >= 15 is 0 Å². The Hall–Kier alpha value is -2.67. The van der Waals surface area contributed by atoms with Crippen molar-refractivity contribution in [2.24, 2.45) is 0 Å². The van der Waals surface area contributed by atoms with Crippen LogP contribution < -0.4 is 5.73 Å². The minimum absolute atomic E-state index is 0.0753. The number of hydrogen-bond donors (Lipinski definition) is 1. The first-order chi connectivity index (χ1) is 12.6. The number of nitrogens with two attached hydrogens (primary N) is 1. The van der Waals surface area contributed by atoms with Gasteiger partial charge in [0.25, 0.3) is 0 Å². The Morgan fingerprint density at radius 2 is 1.88 bits per heavy atom. The van der Waals surface area contributed by atoms with Crippen molar-refractivity contribution >= 4 is 34.5 Å². The maximum Gasteiger partial charge on any atom is 0.437 e. The normalized spacial score (nSPS) is 15.3. The van der Waals surface area contributed by atoms with Crippen molar-refractivity contribution in [1.82, 2.24) is 19.7 Å². The second-order valence-electron chi connectivity index (χ2n) is 6.37. The van der Waals surface area contributed by atoms with Crippen LogP contribution in [0.1, 0.15) is 32.1 Å². The lowest BCUT2D eigenvalue weighted by Gasteiger charge is -2.21. The third-order valence-electron chi connectivity index (χ3n) is 4.60. The molecule has 0 atom stereocenters. The van der Waals surface area contributed by atoms with Crippen molar-refractivity contribution in [3.05, 3.63) is 35.6 Å². The summed E-state index contributed by atoms with van der Waals surface area (Å²) in [5.41, 5.74) is 7.67. The minimum atomic E-state index is -0.541. The third kappa shape index (κ3) is 3.10. The highest BCUT2D eigenvalue weighted by Crippen LogP contribution is 2.31. The van der Waals surface area contributed by atoms with Crippen LogP contribution in [0.3, 0.4) is 0 Å². The van der Waals surface area contributed by atoms with Crippen LogP contribution in [0.5, 0.6) is 0 Å².